The first-order valence-corrected chi connectivity index (χ1v) is 9.43. The Hall–Kier alpha value is -1.88. The summed E-state index contributed by atoms with van der Waals surface area (Å²) < 4.78 is 0. The lowest BCUT2D eigenvalue weighted by Gasteiger charge is -2.32. The van der Waals surface area contributed by atoms with E-state index >= 15 is 0 Å². The van der Waals surface area contributed by atoms with Crippen molar-refractivity contribution in [2.45, 2.75) is 58.4 Å². The number of hydrogen-bond acceptors (Lipinski definition) is 3. The number of likely N-dealkylation sites (tertiary alicyclic amines) is 1. The summed E-state index contributed by atoms with van der Waals surface area (Å²) in [6.45, 7) is 9.50. The van der Waals surface area contributed by atoms with Crippen molar-refractivity contribution < 1.29 is 9.59 Å². The minimum absolute atomic E-state index is 0.0955. The van der Waals surface area contributed by atoms with E-state index in [9.17, 15) is 9.59 Å². The van der Waals surface area contributed by atoms with Gasteiger partial charge in [0.15, 0.2) is 0 Å². The number of nitrogens with zero attached hydrogens (tertiary/aromatic N) is 1. The fourth-order valence-corrected chi connectivity index (χ4v) is 3.10. The molecule has 138 valence electrons. The number of nitrogens with one attached hydrogen (secondary N) is 2. The Bertz CT molecular complexity index is 578. The van der Waals surface area contributed by atoms with Crippen molar-refractivity contribution in [3.05, 3.63) is 29.8 Å². The topological polar surface area (TPSA) is 61.4 Å². The van der Waals surface area contributed by atoms with Crippen LogP contribution in [0.4, 0.5) is 5.69 Å². The Balaban J connectivity index is 1.79. The molecule has 1 aliphatic heterocycles. The highest BCUT2D eigenvalue weighted by Gasteiger charge is 2.23. The molecule has 0 unspecified atom stereocenters. The van der Waals surface area contributed by atoms with Gasteiger partial charge in [-0.2, -0.15) is 0 Å². The van der Waals surface area contributed by atoms with Crippen LogP contribution in [-0.2, 0) is 9.59 Å². The molecule has 1 heterocycles. The second-order valence-corrected chi connectivity index (χ2v) is 7.18. The van der Waals surface area contributed by atoms with E-state index in [1.54, 1.807) is 0 Å². The van der Waals surface area contributed by atoms with Crippen LogP contribution >= 0.6 is 0 Å². The molecule has 1 saturated heterocycles. The first kappa shape index (κ1) is 19.4. The average molecular weight is 345 g/mol. The van der Waals surface area contributed by atoms with Gasteiger partial charge in [-0.3, -0.25) is 9.59 Å². The van der Waals surface area contributed by atoms with E-state index in [4.69, 9.17) is 0 Å². The minimum atomic E-state index is -0.589. The molecule has 0 radical (unpaired) electrons. The van der Waals surface area contributed by atoms with E-state index in [-0.39, 0.29) is 6.04 Å². The van der Waals surface area contributed by atoms with E-state index < -0.39 is 11.8 Å². The number of carbonyl (C=O) groups excluding carboxylic acids is 2. The summed E-state index contributed by atoms with van der Waals surface area (Å²) in [6.07, 6.45) is 4.24. The van der Waals surface area contributed by atoms with Crippen LogP contribution in [-0.4, -0.2) is 42.4 Å². The number of unbranched alkanes of at least 4 members (excludes halogenated alkanes) is 1. The van der Waals surface area contributed by atoms with Gasteiger partial charge in [0.05, 0.1) is 0 Å². The molecule has 0 spiro atoms. The summed E-state index contributed by atoms with van der Waals surface area (Å²) >= 11 is 0. The fraction of sp³-hybridized carbons (Fsp3) is 0.600. The zero-order chi connectivity index (χ0) is 18.2. The summed E-state index contributed by atoms with van der Waals surface area (Å²) in [4.78, 5) is 26.7. The van der Waals surface area contributed by atoms with Crippen LogP contribution in [0.3, 0.4) is 0 Å². The predicted octanol–water partition coefficient (Wildman–Crippen LogP) is 3.13. The molecule has 2 N–H and O–H groups in total. The van der Waals surface area contributed by atoms with Crippen LogP contribution in [0.15, 0.2) is 24.3 Å². The molecule has 0 saturated carbocycles. The van der Waals surface area contributed by atoms with Crippen molar-refractivity contribution in [1.82, 2.24) is 10.2 Å². The fourth-order valence-electron chi connectivity index (χ4n) is 3.10. The number of carbonyl (C=O) groups is 2. The zero-order valence-corrected chi connectivity index (χ0v) is 15.7. The number of anilines is 1. The van der Waals surface area contributed by atoms with Crippen LogP contribution < -0.4 is 10.6 Å². The summed E-state index contributed by atoms with van der Waals surface area (Å²) in [5.74, 6) is -0.750. The maximum atomic E-state index is 12.2. The number of rotatable bonds is 6. The Morgan fingerprint density at radius 1 is 1.20 bits per heavy atom. The van der Waals surface area contributed by atoms with Gasteiger partial charge in [0, 0.05) is 24.8 Å². The van der Waals surface area contributed by atoms with E-state index in [2.05, 4.69) is 36.3 Å². The van der Waals surface area contributed by atoms with Gasteiger partial charge >= 0.3 is 11.8 Å². The van der Waals surface area contributed by atoms with Gasteiger partial charge in [0.2, 0.25) is 0 Å². The van der Waals surface area contributed by atoms with E-state index in [0.29, 0.717) is 11.6 Å². The quantitative estimate of drug-likeness (QED) is 0.779. The molecule has 5 heteroatoms. The van der Waals surface area contributed by atoms with Gasteiger partial charge in [-0.1, -0.05) is 39.3 Å². The van der Waals surface area contributed by atoms with Gasteiger partial charge in [0.25, 0.3) is 0 Å². The van der Waals surface area contributed by atoms with Crippen LogP contribution in [0.2, 0.25) is 0 Å². The Kier molecular flexibility index (Phi) is 7.44. The molecular formula is C20H31N3O2. The number of hydrogen-bond donors (Lipinski definition) is 2. The maximum absolute atomic E-state index is 12.2. The van der Waals surface area contributed by atoms with Gasteiger partial charge in [-0.15, -0.1) is 0 Å². The van der Waals surface area contributed by atoms with Crippen LogP contribution in [0, 0.1) is 0 Å². The average Bonchev–Trinajstić information content (AvgIpc) is 2.61. The molecule has 2 rings (SSSR count). The summed E-state index contributed by atoms with van der Waals surface area (Å²) in [7, 11) is 0. The van der Waals surface area contributed by atoms with Crippen molar-refractivity contribution in [1.29, 1.82) is 0 Å². The van der Waals surface area contributed by atoms with E-state index in [1.165, 1.54) is 12.8 Å². The molecular weight excluding hydrogens is 314 g/mol. The molecule has 1 aromatic rings. The molecule has 2 amide bonds. The number of benzene rings is 1. The van der Waals surface area contributed by atoms with Crippen LogP contribution in [0.1, 0.15) is 57.9 Å². The SMILES string of the molecule is CCCCN1CCC(NC(=O)C(=O)Nc2cccc(C(C)C)c2)CC1. The Morgan fingerprint density at radius 2 is 1.92 bits per heavy atom. The summed E-state index contributed by atoms with van der Waals surface area (Å²) in [5, 5.41) is 5.58. The first-order valence-electron chi connectivity index (χ1n) is 9.43. The third-order valence-corrected chi connectivity index (χ3v) is 4.77. The Labute approximate surface area is 151 Å². The third kappa shape index (κ3) is 6.16. The number of piperidine rings is 1. The first-order chi connectivity index (χ1) is 12.0. The van der Waals surface area contributed by atoms with Gasteiger partial charge in [-0.05, 0) is 49.4 Å². The Morgan fingerprint density at radius 3 is 2.56 bits per heavy atom. The molecule has 0 bridgehead atoms. The highest BCUT2D eigenvalue weighted by Crippen LogP contribution is 2.18. The zero-order valence-electron chi connectivity index (χ0n) is 15.7. The van der Waals surface area contributed by atoms with Gasteiger partial charge in [0.1, 0.15) is 0 Å². The third-order valence-electron chi connectivity index (χ3n) is 4.77. The normalized spacial score (nSPS) is 16.0. The van der Waals surface area contributed by atoms with Crippen molar-refractivity contribution in [2.75, 3.05) is 25.0 Å². The molecule has 0 aliphatic carbocycles. The largest absolute Gasteiger partial charge is 0.345 e. The van der Waals surface area contributed by atoms with Crippen LogP contribution in [0.25, 0.3) is 0 Å². The lowest BCUT2D eigenvalue weighted by atomic mass is 10.0. The summed E-state index contributed by atoms with van der Waals surface area (Å²) in [6, 6.07) is 7.74. The molecule has 1 aromatic carbocycles. The number of amides is 2. The van der Waals surface area contributed by atoms with Gasteiger partial charge in [-0.25, -0.2) is 0 Å². The lowest BCUT2D eigenvalue weighted by molar-refractivity contribution is -0.136. The van der Waals surface area contributed by atoms with Crippen LogP contribution in [0.5, 0.6) is 0 Å². The predicted molar refractivity (Wildman–Crippen MR) is 102 cm³/mol. The van der Waals surface area contributed by atoms with Crippen molar-refractivity contribution in [3.63, 3.8) is 0 Å². The molecule has 1 fully saturated rings. The molecule has 0 aromatic heterocycles. The summed E-state index contributed by atoms with van der Waals surface area (Å²) in [5.41, 5.74) is 1.80. The lowest BCUT2D eigenvalue weighted by Crippen LogP contribution is -2.47. The molecule has 25 heavy (non-hydrogen) atoms. The maximum Gasteiger partial charge on any atom is 0.313 e. The van der Waals surface area contributed by atoms with Crippen molar-refractivity contribution >= 4 is 17.5 Å². The second kappa shape index (κ2) is 9.56. The monoisotopic (exact) mass is 345 g/mol. The van der Waals surface area contributed by atoms with Crippen molar-refractivity contribution in [2.24, 2.45) is 0 Å². The highest BCUT2D eigenvalue weighted by molar-refractivity contribution is 6.39. The standard InChI is InChI=1S/C20H31N3O2/c1-4-5-11-23-12-9-17(10-13-23)21-19(24)20(25)22-18-8-6-7-16(14-18)15(2)3/h6-8,14-15,17H,4-5,9-13H2,1-3H3,(H,21,24)(H,22,25). The molecule has 1 aliphatic rings. The minimum Gasteiger partial charge on any atom is -0.345 e. The smallest absolute Gasteiger partial charge is 0.313 e. The second-order valence-electron chi connectivity index (χ2n) is 7.18. The highest BCUT2D eigenvalue weighted by atomic mass is 16.2. The van der Waals surface area contributed by atoms with E-state index in [0.717, 1.165) is 38.0 Å². The van der Waals surface area contributed by atoms with Gasteiger partial charge < -0.3 is 15.5 Å². The molecule has 0 atom stereocenters. The van der Waals surface area contributed by atoms with Crippen molar-refractivity contribution in [3.8, 4) is 0 Å². The van der Waals surface area contributed by atoms with E-state index in [1.807, 2.05) is 24.3 Å². The molecule has 5 nitrogen and oxygen atoms in total.